The van der Waals surface area contributed by atoms with Crippen LogP contribution in [0.1, 0.15) is 47.5 Å². The first-order valence-electron chi connectivity index (χ1n) is 8.17. The predicted octanol–water partition coefficient (Wildman–Crippen LogP) is 1.65. The Labute approximate surface area is 133 Å². The summed E-state index contributed by atoms with van der Waals surface area (Å²) in [7, 11) is 0. The highest BCUT2D eigenvalue weighted by Gasteiger charge is 2.24. The van der Waals surface area contributed by atoms with Crippen LogP contribution in [0.15, 0.2) is 0 Å². The van der Waals surface area contributed by atoms with Crippen LogP contribution in [0.25, 0.3) is 0 Å². The topological polar surface area (TPSA) is 79.5 Å². The highest BCUT2D eigenvalue weighted by molar-refractivity contribution is 5.82. The second-order valence-electron chi connectivity index (χ2n) is 7.28. The maximum Gasteiger partial charge on any atom is 0.407 e. The van der Waals surface area contributed by atoms with E-state index in [1.54, 1.807) is 0 Å². The summed E-state index contributed by atoms with van der Waals surface area (Å²) < 4.78 is 5.24. The fourth-order valence-electron chi connectivity index (χ4n) is 2.33. The normalized spacial score (nSPS) is 20.5. The third-order valence-corrected chi connectivity index (χ3v) is 3.76. The van der Waals surface area contributed by atoms with Gasteiger partial charge in [0.1, 0.15) is 5.60 Å². The molecule has 0 aromatic heterocycles. The number of hydrogen-bond donors (Lipinski definition) is 3. The Hall–Kier alpha value is -1.30. The van der Waals surface area contributed by atoms with E-state index in [1.165, 1.54) is 0 Å². The lowest BCUT2D eigenvalue weighted by Crippen LogP contribution is -2.50. The number of rotatable bonds is 6. The summed E-state index contributed by atoms with van der Waals surface area (Å²) in [5.74, 6) is 0.727. The Morgan fingerprint density at radius 2 is 2.05 bits per heavy atom. The third-order valence-electron chi connectivity index (χ3n) is 3.76. The molecule has 3 N–H and O–H groups in total. The molecule has 1 fully saturated rings. The lowest BCUT2D eigenvalue weighted by Gasteiger charge is -2.28. The monoisotopic (exact) mass is 313 g/mol. The molecule has 0 radical (unpaired) electrons. The summed E-state index contributed by atoms with van der Waals surface area (Å²) in [6.45, 7) is 11.8. The van der Waals surface area contributed by atoms with Crippen LogP contribution in [0.5, 0.6) is 0 Å². The van der Waals surface area contributed by atoms with Crippen LogP contribution >= 0.6 is 0 Å². The Kier molecular flexibility index (Phi) is 7.13. The second kappa shape index (κ2) is 8.36. The van der Waals surface area contributed by atoms with E-state index in [1.807, 2.05) is 20.8 Å². The molecule has 1 aliphatic heterocycles. The molecular weight excluding hydrogens is 282 g/mol. The van der Waals surface area contributed by atoms with Crippen molar-refractivity contribution < 1.29 is 14.3 Å². The van der Waals surface area contributed by atoms with Crippen molar-refractivity contribution in [2.24, 2.45) is 11.8 Å². The Bertz CT molecular complexity index is 377. The van der Waals surface area contributed by atoms with Crippen LogP contribution in [0.3, 0.4) is 0 Å². The number of carbonyl (C=O) groups excluding carboxylic acids is 2. The molecule has 1 saturated heterocycles. The fourth-order valence-corrected chi connectivity index (χ4v) is 2.33. The highest BCUT2D eigenvalue weighted by atomic mass is 16.6. The van der Waals surface area contributed by atoms with Crippen LogP contribution in [-0.4, -0.2) is 43.3 Å². The van der Waals surface area contributed by atoms with E-state index in [4.69, 9.17) is 4.74 Å². The van der Waals surface area contributed by atoms with Gasteiger partial charge >= 0.3 is 6.09 Å². The lowest BCUT2D eigenvalue weighted by atomic mass is 9.95. The number of hydrogen-bond acceptors (Lipinski definition) is 4. The van der Waals surface area contributed by atoms with Crippen LogP contribution in [0, 0.1) is 11.8 Å². The Balaban J connectivity index is 2.38. The summed E-state index contributed by atoms with van der Waals surface area (Å²) in [5.41, 5.74) is -0.490. The van der Waals surface area contributed by atoms with Gasteiger partial charge in [0.05, 0.1) is 6.04 Å². The molecule has 2 unspecified atom stereocenters. The molecule has 0 aromatic carbocycles. The lowest BCUT2D eigenvalue weighted by molar-refractivity contribution is -0.124. The largest absolute Gasteiger partial charge is 0.444 e. The number of nitrogens with one attached hydrogen (secondary N) is 3. The van der Waals surface area contributed by atoms with Crippen molar-refractivity contribution in [3.8, 4) is 0 Å². The Morgan fingerprint density at radius 3 is 2.59 bits per heavy atom. The molecule has 6 nitrogen and oxygen atoms in total. The van der Waals surface area contributed by atoms with Gasteiger partial charge in [0.2, 0.25) is 5.91 Å². The van der Waals surface area contributed by atoms with E-state index < -0.39 is 11.7 Å². The van der Waals surface area contributed by atoms with Crippen molar-refractivity contribution in [3.63, 3.8) is 0 Å². The first kappa shape index (κ1) is 18.7. The number of amides is 2. The van der Waals surface area contributed by atoms with Crippen LogP contribution < -0.4 is 16.0 Å². The van der Waals surface area contributed by atoms with E-state index in [-0.39, 0.29) is 17.9 Å². The number of piperidine rings is 1. The minimum Gasteiger partial charge on any atom is -0.444 e. The molecule has 0 aliphatic carbocycles. The average molecular weight is 313 g/mol. The fraction of sp³-hybridized carbons (Fsp3) is 0.875. The summed E-state index contributed by atoms with van der Waals surface area (Å²) >= 11 is 0. The summed E-state index contributed by atoms with van der Waals surface area (Å²) in [6, 6.07) is -0.114. The molecule has 0 spiro atoms. The van der Waals surface area contributed by atoms with E-state index in [2.05, 4.69) is 29.8 Å². The minimum absolute atomic E-state index is 0.0776. The predicted molar refractivity (Wildman–Crippen MR) is 86.6 cm³/mol. The number of carbonyl (C=O) groups is 2. The maximum atomic E-state index is 11.7. The number of alkyl carbamates (subject to hydrolysis) is 1. The second-order valence-corrected chi connectivity index (χ2v) is 7.28. The zero-order valence-corrected chi connectivity index (χ0v) is 14.5. The number of ether oxygens (including phenoxy) is 1. The molecule has 0 saturated carbocycles. The Morgan fingerprint density at radius 1 is 1.36 bits per heavy atom. The molecule has 0 bridgehead atoms. The molecule has 22 heavy (non-hydrogen) atoms. The minimum atomic E-state index is -0.490. The zero-order valence-electron chi connectivity index (χ0n) is 14.5. The van der Waals surface area contributed by atoms with Crippen molar-refractivity contribution in [2.45, 2.75) is 59.1 Å². The highest BCUT2D eigenvalue weighted by Crippen LogP contribution is 2.12. The van der Waals surface area contributed by atoms with E-state index in [0.29, 0.717) is 19.0 Å². The maximum absolute atomic E-state index is 11.7. The first-order valence-corrected chi connectivity index (χ1v) is 8.17. The van der Waals surface area contributed by atoms with Gasteiger partial charge in [0.15, 0.2) is 0 Å². The van der Waals surface area contributed by atoms with Gasteiger partial charge in [0.25, 0.3) is 0 Å². The smallest absolute Gasteiger partial charge is 0.407 e. The van der Waals surface area contributed by atoms with Crippen molar-refractivity contribution in [1.82, 2.24) is 16.0 Å². The summed E-state index contributed by atoms with van der Waals surface area (Å²) in [5, 5.41) is 9.01. The van der Waals surface area contributed by atoms with Crippen molar-refractivity contribution in [1.29, 1.82) is 0 Å². The van der Waals surface area contributed by atoms with Gasteiger partial charge in [-0.1, -0.05) is 13.8 Å². The van der Waals surface area contributed by atoms with E-state index in [0.717, 1.165) is 19.4 Å². The SMILES string of the molecule is CC(C)C(CNC(=O)OC(C)(C)C)CNC1CCCNC1=O. The quantitative estimate of drug-likeness (QED) is 0.696. The first-order chi connectivity index (χ1) is 10.2. The molecule has 2 amide bonds. The van der Waals surface area contributed by atoms with Gasteiger partial charge in [0, 0.05) is 19.6 Å². The van der Waals surface area contributed by atoms with Crippen LogP contribution in [0.4, 0.5) is 4.79 Å². The standard InChI is InChI=1S/C16H31N3O3/c1-11(2)12(10-19-15(21)22-16(3,4)5)9-18-13-7-6-8-17-14(13)20/h11-13,18H,6-10H2,1-5H3,(H,17,20)(H,19,21). The van der Waals surface area contributed by atoms with Gasteiger partial charge < -0.3 is 20.7 Å². The van der Waals surface area contributed by atoms with Gasteiger partial charge in [-0.3, -0.25) is 4.79 Å². The zero-order chi connectivity index (χ0) is 16.8. The summed E-state index contributed by atoms with van der Waals surface area (Å²) in [4.78, 5) is 23.5. The van der Waals surface area contributed by atoms with Crippen molar-refractivity contribution in [3.05, 3.63) is 0 Å². The van der Waals surface area contributed by atoms with Crippen molar-refractivity contribution >= 4 is 12.0 Å². The van der Waals surface area contributed by atoms with Crippen LogP contribution in [-0.2, 0) is 9.53 Å². The molecule has 128 valence electrons. The van der Waals surface area contributed by atoms with Crippen LogP contribution in [0.2, 0.25) is 0 Å². The third kappa shape index (κ3) is 7.11. The molecule has 1 heterocycles. The average Bonchev–Trinajstić information content (AvgIpc) is 2.38. The summed E-state index contributed by atoms with van der Waals surface area (Å²) in [6.07, 6.45) is 1.48. The molecule has 1 rings (SSSR count). The molecule has 0 aromatic rings. The molecule has 6 heteroatoms. The van der Waals surface area contributed by atoms with E-state index in [9.17, 15) is 9.59 Å². The van der Waals surface area contributed by atoms with E-state index >= 15 is 0 Å². The molecular formula is C16H31N3O3. The van der Waals surface area contributed by atoms with Gasteiger partial charge in [-0.25, -0.2) is 4.79 Å². The van der Waals surface area contributed by atoms with Gasteiger partial charge in [-0.05, 0) is 45.4 Å². The van der Waals surface area contributed by atoms with Crippen molar-refractivity contribution in [2.75, 3.05) is 19.6 Å². The molecule has 2 atom stereocenters. The molecule has 1 aliphatic rings. The van der Waals surface area contributed by atoms with Gasteiger partial charge in [-0.2, -0.15) is 0 Å². The van der Waals surface area contributed by atoms with Gasteiger partial charge in [-0.15, -0.1) is 0 Å².